The minimum absolute atomic E-state index is 0.177. The van der Waals surface area contributed by atoms with Crippen LogP contribution < -0.4 is 10.1 Å². The minimum atomic E-state index is -0.289. The molecule has 7 nitrogen and oxygen atoms in total. The Morgan fingerprint density at radius 2 is 2.22 bits per heavy atom. The van der Waals surface area contributed by atoms with E-state index in [1.54, 1.807) is 6.07 Å². The largest absolute Gasteiger partial charge is 0.467 e. The average molecular weight is 315 g/mol. The van der Waals surface area contributed by atoms with E-state index in [1.165, 1.54) is 18.9 Å². The number of carbonyl (C=O) groups excluding carboxylic acids is 1. The Bertz CT molecular complexity index is 677. The van der Waals surface area contributed by atoms with Gasteiger partial charge in [-0.25, -0.2) is 4.98 Å². The van der Waals surface area contributed by atoms with E-state index in [4.69, 9.17) is 4.74 Å². The number of ether oxygens (including phenoxy) is 1. The maximum Gasteiger partial charge on any atom is 0.316 e. The first-order valence-electron chi connectivity index (χ1n) is 7.71. The average Bonchev–Trinajstić information content (AvgIpc) is 3.04. The molecule has 1 amide bonds. The van der Waals surface area contributed by atoms with Gasteiger partial charge in [-0.1, -0.05) is 0 Å². The zero-order valence-corrected chi connectivity index (χ0v) is 13.4. The lowest BCUT2D eigenvalue weighted by Crippen LogP contribution is -2.29. The molecule has 1 aliphatic rings. The molecule has 1 fully saturated rings. The zero-order valence-electron chi connectivity index (χ0n) is 13.4. The first-order valence-corrected chi connectivity index (χ1v) is 7.71. The summed E-state index contributed by atoms with van der Waals surface area (Å²) >= 11 is 0. The van der Waals surface area contributed by atoms with Crippen LogP contribution in [0, 0.1) is 0 Å². The van der Waals surface area contributed by atoms with E-state index < -0.39 is 0 Å². The number of H-pyrrole nitrogens is 1. The molecule has 0 saturated carbocycles. The van der Waals surface area contributed by atoms with Gasteiger partial charge in [0.15, 0.2) is 0 Å². The number of aromatic nitrogens is 3. The Kier molecular flexibility index (Phi) is 4.57. The van der Waals surface area contributed by atoms with E-state index in [2.05, 4.69) is 32.2 Å². The summed E-state index contributed by atoms with van der Waals surface area (Å²) in [5.74, 6) is 0.941. The summed E-state index contributed by atoms with van der Waals surface area (Å²) in [6, 6.07) is 3.74. The van der Waals surface area contributed by atoms with Gasteiger partial charge >= 0.3 is 6.01 Å². The van der Waals surface area contributed by atoms with Gasteiger partial charge in [0.25, 0.3) is 5.91 Å². The highest BCUT2D eigenvalue weighted by atomic mass is 16.5. The lowest BCUT2D eigenvalue weighted by Gasteiger charge is -2.28. The Balaban J connectivity index is 1.65. The van der Waals surface area contributed by atoms with Crippen LogP contribution in [0.5, 0.6) is 6.01 Å². The van der Waals surface area contributed by atoms with Gasteiger partial charge < -0.3 is 19.9 Å². The molecule has 0 spiro atoms. The van der Waals surface area contributed by atoms with Crippen LogP contribution in [0.1, 0.15) is 34.8 Å². The second-order valence-corrected chi connectivity index (χ2v) is 5.81. The fourth-order valence-electron chi connectivity index (χ4n) is 2.81. The fourth-order valence-corrected chi connectivity index (χ4v) is 2.81. The molecule has 23 heavy (non-hydrogen) atoms. The number of anilines is 1. The van der Waals surface area contributed by atoms with Crippen LogP contribution in [0.2, 0.25) is 0 Å². The van der Waals surface area contributed by atoms with Crippen molar-refractivity contribution < 1.29 is 9.53 Å². The van der Waals surface area contributed by atoms with Gasteiger partial charge in [0, 0.05) is 12.4 Å². The number of aromatic amines is 1. The van der Waals surface area contributed by atoms with E-state index in [0.717, 1.165) is 25.9 Å². The second-order valence-electron chi connectivity index (χ2n) is 5.81. The number of hydrogen-bond donors (Lipinski definition) is 2. The fraction of sp³-hybridized carbons (Fsp3) is 0.438. The number of methoxy groups -OCH3 is 1. The number of piperidine rings is 1. The highest BCUT2D eigenvalue weighted by Gasteiger charge is 2.20. The van der Waals surface area contributed by atoms with Crippen molar-refractivity contribution in [1.82, 2.24) is 19.9 Å². The molecule has 3 rings (SSSR count). The normalized spacial score (nSPS) is 16.3. The molecule has 2 N–H and O–H groups in total. The van der Waals surface area contributed by atoms with Gasteiger partial charge in [0.1, 0.15) is 11.5 Å². The molecule has 0 radical (unpaired) electrons. The maximum absolute atomic E-state index is 12.2. The Morgan fingerprint density at radius 3 is 2.96 bits per heavy atom. The second kappa shape index (κ2) is 6.78. The van der Waals surface area contributed by atoms with Crippen LogP contribution in [0.4, 0.5) is 5.82 Å². The molecule has 3 heterocycles. The first-order chi connectivity index (χ1) is 11.2. The Morgan fingerprint density at radius 1 is 1.43 bits per heavy atom. The zero-order chi connectivity index (χ0) is 16.2. The number of carbonyl (C=O) groups is 1. The SMILES string of the molecule is COc1nccc(C(=O)Nc2cc(C3CCN(C)CC3)c[nH]2)n1. The molecule has 7 heteroatoms. The van der Waals surface area contributed by atoms with E-state index in [-0.39, 0.29) is 17.6 Å². The Hall–Kier alpha value is -2.41. The summed E-state index contributed by atoms with van der Waals surface area (Å²) in [5.41, 5.74) is 1.51. The molecular weight excluding hydrogens is 294 g/mol. The third-order valence-corrected chi connectivity index (χ3v) is 4.19. The summed E-state index contributed by atoms with van der Waals surface area (Å²) in [6.07, 6.45) is 5.77. The van der Waals surface area contributed by atoms with Crippen LogP contribution in [-0.2, 0) is 0 Å². The van der Waals surface area contributed by atoms with Crippen molar-refractivity contribution in [3.8, 4) is 6.01 Å². The minimum Gasteiger partial charge on any atom is -0.467 e. The number of amides is 1. The van der Waals surface area contributed by atoms with Gasteiger partial charge in [-0.15, -0.1) is 0 Å². The maximum atomic E-state index is 12.2. The van der Waals surface area contributed by atoms with Gasteiger partial charge in [-0.2, -0.15) is 4.98 Å². The molecule has 122 valence electrons. The van der Waals surface area contributed by atoms with Gasteiger partial charge in [0.05, 0.1) is 7.11 Å². The summed E-state index contributed by atoms with van der Waals surface area (Å²) in [5, 5.41) is 2.83. The molecule has 2 aromatic rings. The van der Waals surface area contributed by atoms with Gasteiger partial charge in [0.2, 0.25) is 0 Å². The van der Waals surface area contributed by atoms with E-state index in [1.807, 2.05) is 12.3 Å². The number of rotatable bonds is 4. The summed E-state index contributed by atoms with van der Waals surface area (Å²) < 4.78 is 4.93. The lowest BCUT2D eigenvalue weighted by atomic mass is 9.91. The van der Waals surface area contributed by atoms with Crippen LogP contribution in [-0.4, -0.2) is 53.0 Å². The first kappa shape index (κ1) is 15.5. The van der Waals surface area contributed by atoms with Crippen molar-refractivity contribution in [3.05, 3.63) is 35.8 Å². The smallest absolute Gasteiger partial charge is 0.316 e. The molecule has 0 atom stereocenters. The number of nitrogens with zero attached hydrogens (tertiary/aromatic N) is 3. The molecule has 1 saturated heterocycles. The highest BCUT2D eigenvalue weighted by Crippen LogP contribution is 2.29. The monoisotopic (exact) mass is 315 g/mol. The van der Waals surface area contributed by atoms with E-state index in [9.17, 15) is 4.79 Å². The van der Waals surface area contributed by atoms with E-state index >= 15 is 0 Å². The van der Waals surface area contributed by atoms with Crippen molar-refractivity contribution in [1.29, 1.82) is 0 Å². The topological polar surface area (TPSA) is 83.1 Å². The van der Waals surface area contributed by atoms with Crippen LogP contribution in [0.3, 0.4) is 0 Å². The summed E-state index contributed by atoms with van der Waals surface area (Å²) in [4.78, 5) is 25.6. The summed E-state index contributed by atoms with van der Waals surface area (Å²) in [7, 11) is 3.62. The molecule has 0 aromatic carbocycles. The van der Waals surface area contributed by atoms with E-state index in [0.29, 0.717) is 11.7 Å². The quantitative estimate of drug-likeness (QED) is 0.900. The van der Waals surface area contributed by atoms with Crippen molar-refractivity contribution >= 4 is 11.7 Å². The Labute approximate surface area is 135 Å². The van der Waals surface area contributed by atoms with Crippen molar-refractivity contribution in [3.63, 3.8) is 0 Å². The van der Waals surface area contributed by atoms with Crippen molar-refractivity contribution in [2.24, 2.45) is 0 Å². The predicted molar refractivity (Wildman–Crippen MR) is 86.8 cm³/mol. The molecule has 2 aromatic heterocycles. The van der Waals surface area contributed by atoms with Crippen molar-refractivity contribution in [2.45, 2.75) is 18.8 Å². The van der Waals surface area contributed by atoms with Gasteiger partial charge in [-0.3, -0.25) is 4.79 Å². The lowest BCUT2D eigenvalue weighted by molar-refractivity contribution is 0.102. The number of likely N-dealkylation sites (tertiary alicyclic amines) is 1. The molecule has 1 aliphatic heterocycles. The van der Waals surface area contributed by atoms with Gasteiger partial charge in [-0.05, 0) is 56.6 Å². The summed E-state index contributed by atoms with van der Waals surface area (Å²) in [6.45, 7) is 2.22. The predicted octanol–water partition coefficient (Wildman–Crippen LogP) is 1.87. The molecule has 0 aliphatic carbocycles. The standard InChI is InChI=1S/C16H21N5O2/c1-21-7-4-11(5-8-21)12-9-14(18-10-12)20-15(22)13-3-6-17-16(19-13)23-2/h3,6,9-11,18H,4-5,7-8H2,1-2H3,(H,20,22). The van der Waals surface area contributed by atoms with Crippen LogP contribution in [0.15, 0.2) is 24.5 Å². The number of hydrogen-bond acceptors (Lipinski definition) is 5. The molecular formula is C16H21N5O2. The third-order valence-electron chi connectivity index (χ3n) is 4.19. The number of nitrogens with one attached hydrogen (secondary N) is 2. The van der Waals surface area contributed by atoms with Crippen LogP contribution >= 0.6 is 0 Å². The third kappa shape index (κ3) is 3.68. The molecule has 0 unspecified atom stereocenters. The highest BCUT2D eigenvalue weighted by molar-refractivity contribution is 6.02. The van der Waals surface area contributed by atoms with Crippen LogP contribution in [0.25, 0.3) is 0 Å². The molecule has 0 bridgehead atoms. The van der Waals surface area contributed by atoms with Crippen molar-refractivity contribution in [2.75, 3.05) is 32.6 Å².